The van der Waals surface area contributed by atoms with Crippen LogP contribution in [0.1, 0.15) is 5.56 Å². The Hall–Kier alpha value is -0.830. The summed E-state index contributed by atoms with van der Waals surface area (Å²) < 4.78 is 5.32. The number of nitrogens with zero attached hydrogens (tertiary/aromatic N) is 3. The number of halogens is 3. The molecule has 2 aliphatic heterocycles. The molecule has 0 spiro atoms. The predicted molar refractivity (Wildman–Crippen MR) is 110 cm³/mol. The Morgan fingerprint density at radius 2 is 2.04 bits per heavy atom. The molecule has 0 aliphatic carbocycles. The Bertz CT molecular complexity index is 538. The molecule has 3 heterocycles. The van der Waals surface area contributed by atoms with E-state index in [1.807, 2.05) is 12.3 Å². The highest BCUT2D eigenvalue weighted by molar-refractivity contribution is 5.86. The van der Waals surface area contributed by atoms with Crippen LogP contribution < -0.4 is 15.5 Å². The Morgan fingerprint density at radius 1 is 1.31 bits per heavy atom. The maximum absolute atomic E-state index is 12.1. The Labute approximate surface area is 173 Å². The summed E-state index contributed by atoms with van der Waals surface area (Å²) in [5.41, 5.74) is 1.07. The second-order valence-corrected chi connectivity index (χ2v) is 6.11. The van der Waals surface area contributed by atoms with Gasteiger partial charge in [0.1, 0.15) is 11.9 Å². The van der Waals surface area contributed by atoms with Gasteiger partial charge >= 0.3 is 0 Å². The normalized spacial score (nSPS) is 20.2. The van der Waals surface area contributed by atoms with E-state index in [1.54, 1.807) is 0 Å². The number of aromatic nitrogens is 1. The maximum Gasteiger partial charge on any atom is 0.239 e. The van der Waals surface area contributed by atoms with E-state index in [0.717, 1.165) is 44.1 Å². The van der Waals surface area contributed by atoms with E-state index >= 15 is 0 Å². The molecule has 10 heteroatoms. The van der Waals surface area contributed by atoms with E-state index in [0.29, 0.717) is 19.8 Å². The van der Waals surface area contributed by atoms with Gasteiger partial charge in [0, 0.05) is 45.5 Å². The number of amides is 1. The van der Waals surface area contributed by atoms with Crippen LogP contribution in [0.25, 0.3) is 0 Å². The van der Waals surface area contributed by atoms with Crippen molar-refractivity contribution in [2.24, 2.45) is 0 Å². The molecule has 150 valence electrons. The number of morpholine rings is 1. The highest BCUT2D eigenvalue weighted by Gasteiger charge is 2.21. The van der Waals surface area contributed by atoms with Crippen LogP contribution in [0, 0.1) is 0 Å². The van der Waals surface area contributed by atoms with E-state index < -0.39 is 0 Å². The molecule has 1 unspecified atom stereocenters. The molecular formula is C16H28Cl3N5O2. The lowest BCUT2D eigenvalue weighted by Crippen LogP contribution is -2.51. The van der Waals surface area contributed by atoms with Gasteiger partial charge in [-0.3, -0.25) is 4.79 Å². The summed E-state index contributed by atoms with van der Waals surface area (Å²) in [4.78, 5) is 21.2. The van der Waals surface area contributed by atoms with Gasteiger partial charge < -0.3 is 25.2 Å². The smallest absolute Gasteiger partial charge is 0.239 e. The van der Waals surface area contributed by atoms with Gasteiger partial charge in [0.05, 0.1) is 13.2 Å². The van der Waals surface area contributed by atoms with Crippen LogP contribution in [0.3, 0.4) is 0 Å². The van der Waals surface area contributed by atoms with Crippen molar-refractivity contribution in [2.45, 2.75) is 12.6 Å². The quantitative estimate of drug-likeness (QED) is 0.736. The van der Waals surface area contributed by atoms with Crippen molar-refractivity contribution in [3.63, 3.8) is 0 Å². The van der Waals surface area contributed by atoms with Crippen molar-refractivity contribution in [1.82, 2.24) is 20.5 Å². The topological polar surface area (TPSA) is 69.7 Å². The Morgan fingerprint density at radius 3 is 2.69 bits per heavy atom. The average molecular weight is 429 g/mol. The van der Waals surface area contributed by atoms with Gasteiger partial charge in [0.25, 0.3) is 0 Å². The first kappa shape index (κ1) is 25.2. The fourth-order valence-electron chi connectivity index (χ4n) is 2.83. The number of hydrogen-bond donors (Lipinski definition) is 2. The minimum atomic E-state index is -0.248. The van der Waals surface area contributed by atoms with E-state index in [2.05, 4.69) is 38.5 Å². The van der Waals surface area contributed by atoms with Gasteiger partial charge in [-0.2, -0.15) is 0 Å². The van der Waals surface area contributed by atoms with E-state index in [4.69, 9.17) is 4.74 Å². The van der Waals surface area contributed by atoms with Gasteiger partial charge in [-0.15, -0.1) is 37.2 Å². The Balaban J connectivity index is 0.00000208. The lowest BCUT2D eigenvalue weighted by Gasteiger charge is -2.33. The van der Waals surface area contributed by atoms with Crippen molar-refractivity contribution < 1.29 is 9.53 Å². The third-order valence-electron chi connectivity index (χ3n) is 4.34. The van der Waals surface area contributed by atoms with Crippen LogP contribution in [0.4, 0.5) is 5.82 Å². The number of carbonyl (C=O) groups is 1. The summed E-state index contributed by atoms with van der Waals surface area (Å²) in [6, 6.07) is 3.77. The van der Waals surface area contributed by atoms with Crippen molar-refractivity contribution >= 4 is 48.9 Å². The fraction of sp³-hybridized carbons (Fsp3) is 0.625. The van der Waals surface area contributed by atoms with Crippen LogP contribution in [-0.4, -0.2) is 74.8 Å². The molecule has 1 aromatic heterocycles. The van der Waals surface area contributed by atoms with Crippen LogP contribution >= 0.6 is 37.2 Å². The van der Waals surface area contributed by atoms with Gasteiger partial charge in [0.2, 0.25) is 5.91 Å². The van der Waals surface area contributed by atoms with Crippen LogP contribution in [0.5, 0.6) is 0 Å². The molecule has 0 bridgehead atoms. The van der Waals surface area contributed by atoms with Crippen molar-refractivity contribution in [3.05, 3.63) is 23.9 Å². The number of nitrogens with one attached hydrogen (secondary N) is 2. The SMILES string of the molecule is CN1CCN(c2cc(CNC(=O)C3COCCN3)ccn2)CC1.Cl.Cl.Cl. The van der Waals surface area contributed by atoms with E-state index in [-0.39, 0.29) is 49.2 Å². The molecule has 7 nitrogen and oxygen atoms in total. The first-order chi connectivity index (χ1) is 11.2. The molecule has 1 amide bonds. The van der Waals surface area contributed by atoms with Gasteiger partial charge in [-0.25, -0.2) is 4.98 Å². The monoisotopic (exact) mass is 427 g/mol. The van der Waals surface area contributed by atoms with Crippen molar-refractivity contribution in [2.75, 3.05) is 57.9 Å². The number of anilines is 1. The molecule has 2 fully saturated rings. The number of hydrogen-bond acceptors (Lipinski definition) is 6. The highest BCUT2D eigenvalue weighted by Crippen LogP contribution is 2.14. The van der Waals surface area contributed by atoms with Crippen LogP contribution in [0.2, 0.25) is 0 Å². The molecular weight excluding hydrogens is 401 g/mol. The van der Waals surface area contributed by atoms with Gasteiger partial charge in [-0.05, 0) is 24.7 Å². The van der Waals surface area contributed by atoms with Gasteiger partial charge in [-0.1, -0.05) is 0 Å². The summed E-state index contributed by atoms with van der Waals surface area (Å²) in [5, 5.41) is 6.13. The first-order valence-corrected chi connectivity index (χ1v) is 8.19. The lowest BCUT2D eigenvalue weighted by molar-refractivity contribution is -0.126. The van der Waals surface area contributed by atoms with Crippen LogP contribution in [0.15, 0.2) is 18.3 Å². The number of likely N-dealkylation sites (N-methyl/N-ethyl adjacent to an activating group) is 1. The number of ether oxygens (including phenoxy) is 1. The predicted octanol–water partition coefficient (Wildman–Crippen LogP) is 0.703. The number of piperazine rings is 1. The third kappa shape index (κ3) is 7.06. The second-order valence-electron chi connectivity index (χ2n) is 6.11. The van der Waals surface area contributed by atoms with Crippen molar-refractivity contribution in [1.29, 1.82) is 0 Å². The first-order valence-electron chi connectivity index (χ1n) is 8.19. The van der Waals surface area contributed by atoms with E-state index in [9.17, 15) is 4.79 Å². The molecule has 3 rings (SSSR count). The number of pyridine rings is 1. The van der Waals surface area contributed by atoms with Gasteiger partial charge in [0.15, 0.2) is 0 Å². The lowest BCUT2D eigenvalue weighted by atomic mass is 10.2. The van der Waals surface area contributed by atoms with Crippen LogP contribution in [-0.2, 0) is 16.1 Å². The molecule has 0 radical (unpaired) electrons. The molecule has 0 aromatic carbocycles. The summed E-state index contributed by atoms with van der Waals surface area (Å²) in [6.07, 6.45) is 1.82. The molecule has 2 N–H and O–H groups in total. The van der Waals surface area contributed by atoms with E-state index in [1.165, 1.54) is 0 Å². The maximum atomic E-state index is 12.1. The summed E-state index contributed by atoms with van der Waals surface area (Å²) in [7, 11) is 2.14. The van der Waals surface area contributed by atoms with Crippen molar-refractivity contribution in [3.8, 4) is 0 Å². The zero-order valence-electron chi connectivity index (χ0n) is 14.8. The standard InChI is InChI=1S/C16H25N5O2.3ClH/c1-20-5-7-21(8-6-20)15-10-13(2-3-18-15)11-19-16(22)14-12-23-9-4-17-14;;;/h2-3,10,14,17H,4-9,11-12H2,1H3,(H,19,22);3*1H. The second kappa shape index (κ2) is 12.5. The minimum absolute atomic E-state index is 0. The molecule has 26 heavy (non-hydrogen) atoms. The molecule has 1 atom stereocenters. The summed E-state index contributed by atoms with van der Waals surface area (Å²) in [6.45, 7) is 6.43. The zero-order valence-corrected chi connectivity index (χ0v) is 17.3. The molecule has 2 saturated heterocycles. The fourth-order valence-corrected chi connectivity index (χ4v) is 2.83. The minimum Gasteiger partial charge on any atom is -0.378 e. The highest BCUT2D eigenvalue weighted by atomic mass is 35.5. The molecule has 2 aliphatic rings. The number of carbonyl (C=O) groups excluding carboxylic acids is 1. The average Bonchev–Trinajstić information content (AvgIpc) is 2.61. The molecule has 0 saturated carbocycles. The summed E-state index contributed by atoms with van der Waals surface area (Å²) in [5.74, 6) is 0.978. The largest absolute Gasteiger partial charge is 0.378 e. The zero-order chi connectivity index (χ0) is 16.1. The summed E-state index contributed by atoms with van der Waals surface area (Å²) >= 11 is 0. The Kier molecular flexibility index (Phi) is 12.1. The third-order valence-corrected chi connectivity index (χ3v) is 4.34. The number of rotatable bonds is 4. The molecule has 1 aromatic rings.